The normalized spacial score (nSPS) is 11.3. The molecule has 0 aliphatic carbocycles. The lowest BCUT2D eigenvalue weighted by Gasteiger charge is -2.24. The number of benzene rings is 2. The fourth-order valence-electron chi connectivity index (χ4n) is 2.51. The molecule has 27 heavy (non-hydrogen) atoms. The second-order valence-electron chi connectivity index (χ2n) is 6.02. The van der Waals surface area contributed by atoms with Crippen LogP contribution < -0.4 is 9.62 Å². The van der Waals surface area contributed by atoms with Gasteiger partial charge in [0, 0.05) is 18.0 Å². The number of hydrogen-bond donors (Lipinski definition) is 1. The van der Waals surface area contributed by atoms with Crippen molar-refractivity contribution in [3.63, 3.8) is 0 Å². The van der Waals surface area contributed by atoms with Crippen LogP contribution in [0.3, 0.4) is 0 Å². The van der Waals surface area contributed by atoms with Crippen molar-refractivity contribution in [3.05, 3.63) is 57.0 Å². The molecule has 0 radical (unpaired) electrons. The Balaban J connectivity index is 2.05. The van der Waals surface area contributed by atoms with Gasteiger partial charge in [-0.05, 0) is 43.2 Å². The summed E-state index contributed by atoms with van der Waals surface area (Å²) in [6.45, 7) is 1.95. The molecule has 1 N–H and O–H groups in total. The molecule has 0 heterocycles. The average molecular weight is 450 g/mol. The van der Waals surface area contributed by atoms with E-state index >= 15 is 0 Å². The molecule has 0 bridgehead atoms. The van der Waals surface area contributed by atoms with Crippen molar-refractivity contribution in [2.75, 3.05) is 22.4 Å². The van der Waals surface area contributed by atoms with Gasteiger partial charge in [-0.25, -0.2) is 8.42 Å². The molecule has 0 unspecified atom stereocenters. The third-order valence-electron chi connectivity index (χ3n) is 3.83. The van der Waals surface area contributed by atoms with Crippen LogP contribution >= 0.6 is 34.8 Å². The summed E-state index contributed by atoms with van der Waals surface area (Å²) in [4.78, 5) is 12.2. The number of hydrogen-bond acceptors (Lipinski definition) is 3. The quantitative estimate of drug-likeness (QED) is 0.636. The van der Waals surface area contributed by atoms with Crippen LogP contribution in [0.15, 0.2) is 36.4 Å². The summed E-state index contributed by atoms with van der Waals surface area (Å²) in [5.41, 5.74) is 1.70. The highest BCUT2D eigenvalue weighted by Gasteiger charge is 2.20. The number of sulfonamides is 1. The van der Waals surface area contributed by atoms with Gasteiger partial charge >= 0.3 is 0 Å². The van der Waals surface area contributed by atoms with Crippen LogP contribution in [0, 0.1) is 6.92 Å². The first-order valence-electron chi connectivity index (χ1n) is 8.07. The van der Waals surface area contributed by atoms with E-state index in [-0.39, 0.29) is 23.9 Å². The van der Waals surface area contributed by atoms with Gasteiger partial charge in [-0.15, -0.1) is 0 Å². The zero-order valence-corrected chi connectivity index (χ0v) is 17.9. The van der Waals surface area contributed by atoms with Crippen molar-refractivity contribution in [3.8, 4) is 0 Å². The van der Waals surface area contributed by atoms with Crippen LogP contribution in [-0.4, -0.2) is 27.1 Å². The van der Waals surface area contributed by atoms with Gasteiger partial charge in [0.15, 0.2) is 0 Å². The molecule has 0 saturated heterocycles. The van der Waals surface area contributed by atoms with Crippen LogP contribution in [0.1, 0.15) is 18.4 Å². The summed E-state index contributed by atoms with van der Waals surface area (Å²) < 4.78 is 25.6. The first kappa shape index (κ1) is 21.8. The number of halogens is 3. The molecule has 0 aliphatic heterocycles. The van der Waals surface area contributed by atoms with Gasteiger partial charge in [-0.2, -0.15) is 0 Å². The van der Waals surface area contributed by atoms with E-state index in [0.717, 1.165) is 11.8 Å². The molecule has 2 rings (SSSR count). The second kappa shape index (κ2) is 9.15. The molecule has 146 valence electrons. The summed E-state index contributed by atoms with van der Waals surface area (Å²) in [7, 11) is -3.52. The Morgan fingerprint density at radius 3 is 2.52 bits per heavy atom. The molecular formula is C18H19Cl3N2O3S. The Hall–Kier alpha value is -1.47. The van der Waals surface area contributed by atoms with Gasteiger partial charge in [-0.3, -0.25) is 9.10 Å². The summed E-state index contributed by atoms with van der Waals surface area (Å²) in [5.74, 6) is -0.282. The highest BCUT2D eigenvalue weighted by Crippen LogP contribution is 2.30. The zero-order chi connectivity index (χ0) is 20.2. The number of amides is 1. The van der Waals surface area contributed by atoms with Crippen molar-refractivity contribution < 1.29 is 13.2 Å². The van der Waals surface area contributed by atoms with E-state index in [1.165, 1.54) is 4.31 Å². The topological polar surface area (TPSA) is 66.5 Å². The SMILES string of the molecule is Cc1ccc(Cl)cc1N(CCCC(=O)Nc1cccc(Cl)c1Cl)S(C)(=O)=O. The number of rotatable bonds is 7. The third-order valence-corrected chi connectivity index (χ3v) is 6.06. The lowest BCUT2D eigenvalue weighted by molar-refractivity contribution is -0.116. The van der Waals surface area contributed by atoms with Crippen LogP contribution in [0.25, 0.3) is 0 Å². The van der Waals surface area contributed by atoms with Crippen LogP contribution in [0.2, 0.25) is 15.1 Å². The van der Waals surface area contributed by atoms with Crippen molar-refractivity contribution in [1.82, 2.24) is 0 Å². The molecule has 1 amide bonds. The molecule has 0 aliphatic rings. The minimum atomic E-state index is -3.52. The van der Waals surface area contributed by atoms with E-state index in [1.807, 2.05) is 0 Å². The average Bonchev–Trinajstić information content (AvgIpc) is 2.57. The Morgan fingerprint density at radius 2 is 1.85 bits per heavy atom. The van der Waals surface area contributed by atoms with E-state index < -0.39 is 10.0 Å². The summed E-state index contributed by atoms with van der Waals surface area (Å²) in [6.07, 6.45) is 1.57. The maximum Gasteiger partial charge on any atom is 0.232 e. The molecule has 2 aromatic carbocycles. The molecule has 0 saturated carbocycles. The molecule has 0 fully saturated rings. The molecule has 9 heteroatoms. The lowest BCUT2D eigenvalue weighted by atomic mass is 10.2. The number of carbonyl (C=O) groups is 1. The monoisotopic (exact) mass is 448 g/mol. The number of nitrogens with one attached hydrogen (secondary N) is 1. The minimum absolute atomic E-state index is 0.120. The smallest absolute Gasteiger partial charge is 0.232 e. The highest BCUT2D eigenvalue weighted by atomic mass is 35.5. The molecule has 0 atom stereocenters. The Kier molecular flexibility index (Phi) is 7.40. The predicted molar refractivity (Wildman–Crippen MR) is 113 cm³/mol. The Labute approximate surface area is 174 Å². The standard InChI is InChI=1S/C18H19Cl3N2O3S/c1-12-8-9-13(19)11-16(12)23(27(2,25)26)10-4-7-17(24)22-15-6-3-5-14(20)18(15)21/h3,5-6,8-9,11H,4,7,10H2,1-2H3,(H,22,24). The molecule has 0 aromatic heterocycles. The van der Waals surface area contributed by atoms with Crippen molar-refractivity contribution >= 4 is 62.1 Å². The first-order valence-corrected chi connectivity index (χ1v) is 11.1. The van der Waals surface area contributed by atoms with Gasteiger partial charge in [-0.1, -0.05) is 46.9 Å². The van der Waals surface area contributed by atoms with E-state index in [1.54, 1.807) is 43.3 Å². The maximum absolute atomic E-state index is 12.2. The zero-order valence-electron chi connectivity index (χ0n) is 14.8. The van der Waals surface area contributed by atoms with Gasteiger partial charge in [0.1, 0.15) is 0 Å². The number of anilines is 2. The summed E-state index contributed by atoms with van der Waals surface area (Å²) >= 11 is 18.0. The van der Waals surface area contributed by atoms with Gasteiger partial charge in [0.25, 0.3) is 0 Å². The van der Waals surface area contributed by atoms with E-state index in [9.17, 15) is 13.2 Å². The second-order valence-corrected chi connectivity index (χ2v) is 9.15. The number of carbonyl (C=O) groups excluding carboxylic acids is 1. The fraction of sp³-hybridized carbons (Fsp3) is 0.278. The van der Waals surface area contributed by atoms with Crippen molar-refractivity contribution in [2.24, 2.45) is 0 Å². The van der Waals surface area contributed by atoms with Crippen LogP contribution in [0.4, 0.5) is 11.4 Å². The van der Waals surface area contributed by atoms with E-state index in [2.05, 4.69) is 5.32 Å². The minimum Gasteiger partial charge on any atom is -0.325 e. The molecule has 0 spiro atoms. The van der Waals surface area contributed by atoms with Crippen LogP contribution in [0.5, 0.6) is 0 Å². The van der Waals surface area contributed by atoms with Crippen molar-refractivity contribution in [1.29, 1.82) is 0 Å². The summed E-state index contributed by atoms with van der Waals surface area (Å²) in [6, 6.07) is 9.99. The Morgan fingerprint density at radius 1 is 1.15 bits per heavy atom. The molecular weight excluding hydrogens is 431 g/mol. The molecule has 2 aromatic rings. The predicted octanol–water partition coefficient (Wildman–Crippen LogP) is 5.14. The summed E-state index contributed by atoms with van der Waals surface area (Å²) in [5, 5.41) is 3.73. The third kappa shape index (κ3) is 6.01. The first-order chi connectivity index (χ1) is 12.6. The van der Waals surface area contributed by atoms with Gasteiger partial charge < -0.3 is 5.32 Å². The largest absolute Gasteiger partial charge is 0.325 e. The number of aryl methyl sites for hydroxylation is 1. The lowest BCUT2D eigenvalue weighted by Crippen LogP contribution is -2.32. The van der Waals surface area contributed by atoms with E-state index in [4.69, 9.17) is 34.8 Å². The Bertz CT molecular complexity index is 949. The van der Waals surface area contributed by atoms with Crippen LogP contribution in [-0.2, 0) is 14.8 Å². The maximum atomic E-state index is 12.2. The highest BCUT2D eigenvalue weighted by molar-refractivity contribution is 7.92. The fourth-order valence-corrected chi connectivity index (χ4v) is 4.04. The van der Waals surface area contributed by atoms with E-state index in [0.29, 0.717) is 27.8 Å². The van der Waals surface area contributed by atoms with Gasteiger partial charge in [0.05, 0.1) is 27.7 Å². The molecule has 5 nitrogen and oxygen atoms in total. The van der Waals surface area contributed by atoms with Crippen molar-refractivity contribution in [2.45, 2.75) is 19.8 Å². The number of nitrogens with zero attached hydrogens (tertiary/aromatic N) is 1. The van der Waals surface area contributed by atoms with Gasteiger partial charge in [0.2, 0.25) is 15.9 Å².